The molecule has 0 spiro atoms. The van der Waals surface area contributed by atoms with E-state index < -0.39 is 5.56 Å². The molecule has 2 aliphatic rings. The lowest BCUT2D eigenvalue weighted by Crippen LogP contribution is -2.54. The van der Waals surface area contributed by atoms with Crippen molar-refractivity contribution in [2.75, 3.05) is 0 Å². The zero-order chi connectivity index (χ0) is 17.4. The van der Waals surface area contributed by atoms with Crippen molar-refractivity contribution in [3.05, 3.63) is 46.4 Å². The summed E-state index contributed by atoms with van der Waals surface area (Å²) in [6, 6.07) is 7.14. The molecule has 2 heterocycles. The molecule has 26 heavy (non-hydrogen) atoms. The number of carbonyl (C=O) groups excluding carboxylic acids is 1. The Morgan fingerprint density at radius 3 is 2.54 bits per heavy atom. The summed E-state index contributed by atoms with van der Waals surface area (Å²) in [6.45, 7) is 0. The van der Waals surface area contributed by atoms with Crippen LogP contribution in [0.4, 0.5) is 0 Å². The minimum absolute atomic E-state index is 0. The average molecular weight is 378 g/mol. The minimum Gasteiger partial charge on any atom is -0.463 e. The number of pyridine rings is 1. The fraction of sp³-hybridized carbons (Fsp3) is 0.474. The predicted octanol–water partition coefficient (Wildman–Crippen LogP) is 2.69. The molecule has 2 atom stereocenters. The number of hydrogen-bond donors (Lipinski definition) is 3. The fourth-order valence-electron chi connectivity index (χ4n) is 4.48. The van der Waals surface area contributed by atoms with E-state index >= 15 is 0 Å². The average Bonchev–Trinajstić information content (AvgIpc) is 3.10. The highest BCUT2D eigenvalue weighted by molar-refractivity contribution is 5.94. The van der Waals surface area contributed by atoms with Gasteiger partial charge < -0.3 is 20.5 Å². The van der Waals surface area contributed by atoms with Crippen molar-refractivity contribution in [2.45, 2.75) is 44.2 Å². The van der Waals surface area contributed by atoms with Gasteiger partial charge in [-0.25, -0.2) is 0 Å². The van der Waals surface area contributed by atoms with Crippen LogP contribution < -0.4 is 16.6 Å². The van der Waals surface area contributed by atoms with Gasteiger partial charge in [-0.2, -0.15) is 0 Å². The molecule has 0 saturated heterocycles. The Labute approximate surface area is 158 Å². The zero-order valence-corrected chi connectivity index (χ0v) is 15.3. The number of fused-ring (bicyclic) bond motifs is 2. The Bertz CT molecular complexity index is 804. The molecule has 2 bridgehead atoms. The molecule has 2 fully saturated rings. The number of hydrogen-bond acceptors (Lipinski definition) is 4. The number of amides is 1. The predicted molar refractivity (Wildman–Crippen MR) is 101 cm³/mol. The summed E-state index contributed by atoms with van der Waals surface area (Å²) in [7, 11) is 0. The van der Waals surface area contributed by atoms with E-state index in [1.54, 1.807) is 30.5 Å². The Morgan fingerprint density at radius 2 is 1.92 bits per heavy atom. The molecule has 4 N–H and O–H groups in total. The molecule has 140 valence electrons. The van der Waals surface area contributed by atoms with E-state index in [9.17, 15) is 9.59 Å². The van der Waals surface area contributed by atoms with Crippen molar-refractivity contribution in [1.29, 1.82) is 0 Å². The molecule has 0 aromatic carbocycles. The highest BCUT2D eigenvalue weighted by Gasteiger charge is 2.40. The van der Waals surface area contributed by atoms with Gasteiger partial charge in [-0.15, -0.1) is 12.4 Å². The first kappa shape index (κ1) is 18.7. The van der Waals surface area contributed by atoms with Crippen molar-refractivity contribution in [3.8, 4) is 11.5 Å². The highest BCUT2D eigenvalue weighted by Crippen LogP contribution is 2.39. The van der Waals surface area contributed by atoms with E-state index in [0.29, 0.717) is 23.3 Å². The molecule has 0 aliphatic heterocycles. The largest absolute Gasteiger partial charge is 0.463 e. The van der Waals surface area contributed by atoms with Gasteiger partial charge in [-0.3, -0.25) is 9.59 Å². The standard InChI is InChI=1S/C19H23N3O3.ClH/c20-13-9-11-3-1-4-12(10-13)17(11)22-19(24)14-6-7-15(21-18(14)23)16-5-2-8-25-16;/h2,5-8,11-13,17H,1,3-4,9-10,20H2,(H,21,23)(H,22,24);1H. The molecular formula is C19H24ClN3O3. The van der Waals surface area contributed by atoms with Gasteiger partial charge in [0.15, 0.2) is 0 Å². The summed E-state index contributed by atoms with van der Waals surface area (Å²) < 4.78 is 5.27. The SMILES string of the molecule is Cl.NC1CC2CCCC(C1)C2NC(=O)c1ccc(-c2ccco2)[nH]c1=O. The van der Waals surface area contributed by atoms with Crippen molar-refractivity contribution in [3.63, 3.8) is 0 Å². The first-order chi connectivity index (χ1) is 12.1. The van der Waals surface area contributed by atoms with Crippen LogP contribution in [0.5, 0.6) is 0 Å². The summed E-state index contributed by atoms with van der Waals surface area (Å²) in [4.78, 5) is 27.7. The van der Waals surface area contributed by atoms with E-state index in [1.165, 1.54) is 6.42 Å². The van der Waals surface area contributed by atoms with Crippen molar-refractivity contribution in [1.82, 2.24) is 10.3 Å². The molecule has 7 heteroatoms. The minimum atomic E-state index is -0.399. The Kier molecular flexibility index (Phi) is 5.53. The van der Waals surface area contributed by atoms with Crippen LogP contribution in [-0.2, 0) is 0 Å². The number of nitrogens with one attached hydrogen (secondary N) is 2. The summed E-state index contributed by atoms with van der Waals surface area (Å²) in [6.07, 6.45) is 6.85. The number of furan rings is 1. The highest BCUT2D eigenvalue weighted by atomic mass is 35.5. The molecule has 2 aromatic rings. The lowest BCUT2D eigenvalue weighted by molar-refractivity contribution is 0.0754. The molecule has 6 nitrogen and oxygen atoms in total. The Balaban J connectivity index is 0.00000196. The van der Waals surface area contributed by atoms with Gasteiger partial charge in [-0.05, 0) is 61.8 Å². The van der Waals surface area contributed by atoms with Gasteiger partial charge in [0.1, 0.15) is 11.3 Å². The molecule has 2 aromatic heterocycles. The molecule has 2 unspecified atom stereocenters. The molecule has 2 aliphatic carbocycles. The van der Waals surface area contributed by atoms with Crippen LogP contribution in [0.3, 0.4) is 0 Å². The number of aromatic amines is 1. The second-order valence-electron chi connectivity index (χ2n) is 7.27. The van der Waals surface area contributed by atoms with Crippen molar-refractivity contribution >= 4 is 18.3 Å². The van der Waals surface area contributed by atoms with Crippen molar-refractivity contribution < 1.29 is 9.21 Å². The van der Waals surface area contributed by atoms with Gasteiger partial charge in [-0.1, -0.05) is 6.42 Å². The fourth-order valence-corrected chi connectivity index (χ4v) is 4.48. The second kappa shape index (κ2) is 7.68. The van der Waals surface area contributed by atoms with Gasteiger partial charge in [0, 0.05) is 12.1 Å². The number of H-pyrrole nitrogens is 1. The molecule has 1 amide bonds. The molecular weight excluding hydrogens is 354 g/mol. The lowest BCUT2D eigenvalue weighted by Gasteiger charge is -2.45. The number of halogens is 1. The van der Waals surface area contributed by atoms with Crippen molar-refractivity contribution in [2.24, 2.45) is 17.6 Å². The Hall–Kier alpha value is -2.05. The van der Waals surface area contributed by atoms with Crippen LogP contribution in [-0.4, -0.2) is 23.0 Å². The van der Waals surface area contributed by atoms with E-state index in [4.69, 9.17) is 10.2 Å². The topological polar surface area (TPSA) is 101 Å². The van der Waals surface area contributed by atoms with E-state index in [0.717, 1.165) is 25.7 Å². The van der Waals surface area contributed by atoms with Crippen LogP contribution in [0, 0.1) is 11.8 Å². The number of nitrogens with two attached hydrogens (primary N) is 1. The first-order valence-electron chi connectivity index (χ1n) is 8.95. The second-order valence-corrected chi connectivity index (χ2v) is 7.27. The summed E-state index contributed by atoms with van der Waals surface area (Å²) >= 11 is 0. The van der Waals surface area contributed by atoms with Crippen LogP contribution >= 0.6 is 12.4 Å². The zero-order valence-electron chi connectivity index (χ0n) is 14.4. The summed E-state index contributed by atoms with van der Waals surface area (Å²) in [5, 5.41) is 3.11. The third-order valence-corrected chi connectivity index (χ3v) is 5.62. The summed E-state index contributed by atoms with van der Waals surface area (Å²) in [5.41, 5.74) is 6.44. The first-order valence-corrected chi connectivity index (χ1v) is 8.95. The van der Waals surface area contributed by atoms with Crippen LogP contribution in [0.15, 0.2) is 39.7 Å². The van der Waals surface area contributed by atoms with Gasteiger partial charge in [0.2, 0.25) is 0 Å². The maximum Gasteiger partial charge on any atom is 0.261 e. The number of rotatable bonds is 3. The maximum absolute atomic E-state index is 12.7. The van der Waals surface area contributed by atoms with E-state index in [2.05, 4.69) is 10.3 Å². The normalized spacial score (nSPS) is 27.4. The van der Waals surface area contributed by atoms with E-state index in [-0.39, 0.29) is 36.0 Å². The summed E-state index contributed by atoms with van der Waals surface area (Å²) in [5.74, 6) is 1.12. The molecule has 4 rings (SSSR count). The van der Waals surface area contributed by atoms with Gasteiger partial charge >= 0.3 is 0 Å². The monoisotopic (exact) mass is 377 g/mol. The quantitative estimate of drug-likeness (QED) is 0.765. The molecule has 0 radical (unpaired) electrons. The smallest absolute Gasteiger partial charge is 0.261 e. The lowest BCUT2D eigenvalue weighted by atomic mass is 9.67. The Morgan fingerprint density at radius 1 is 1.19 bits per heavy atom. The van der Waals surface area contributed by atoms with E-state index in [1.807, 2.05) is 0 Å². The number of carbonyl (C=O) groups is 1. The van der Waals surface area contributed by atoms with Gasteiger partial charge in [0.05, 0.1) is 12.0 Å². The maximum atomic E-state index is 12.7. The third kappa shape index (κ3) is 3.57. The third-order valence-electron chi connectivity index (χ3n) is 5.62. The molecule has 2 saturated carbocycles. The van der Waals surface area contributed by atoms with Crippen LogP contribution in [0.1, 0.15) is 42.5 Å². The number of aromatic nitrogens is 1. The van der Waals surface area contributed by atoms with Crippen LogP contribution in [0.25, 0.3) is 11.5 Å². The van der Waals surface area contributed by atoms with Crippen LogP contribution in [0.2, 0.25) is 0 Å². The van der Waals surface area contributed by atoms with Gasteiger partial charge in [0.25, 0.3) is 11.5 Å².